The predicted octanol–water partition coefficient (Wildman–Crippen LogP) is 0.414. The first-order chi connectivity index (χ1) is 12.5. The monoisotopic (exact) mass is 486 g/mol. The normalized spacial score (nSPS) is 9.24. The van der Waals surface area contributed by atoms with Gasteiger partial charge in [0.05, 0.1) is 0 Å². The van der Waals surface area contributed by atoms with Crippen LogP contribution in [0.15, 0.2) is 23.7 Å². The number of carbonyl (C=O) groups is 6. The van der Waals surface area contributed by atoms with Crippen molar-refractivity contribution in [1.29, 1.82) is 0 Å². The maximum atomic E-state index is 9.98. The van der Waals surface area contributed by atoms with Crippen molar-refractivity contribution in [2.75, 3.05) is 0 Å². The van der Waals surface area contributed by atoms with Gasteiger partial charge < -0.3 is 29.4 Å². The molecule has 0 aliphatic rings. The topological polar surface area (TPSA) is 149 Å². The van der Waals surface area contributed by atoms with Crippen molar-refractivity contribution in [3.63, 3.8) is 0 Å². The Labute approximate surface area is 191 Å². The molecule has 9 heteroatoms. The second kappa shape index (κ2) is 23.8. The van der Waals surface area contributed by atoms with Gasteiger partial charge in [0.1, 0.15) is 0 Å². The molecule has 0 atom stereocenters. The summed E-state index contributed by atoms with van der Waals surface area (Å²) in [6.07, 6.45) is 4.22. The van der Waals surface area contributed by atoms with Gasteiger partial charge in [0.2, 0.25) is 0 Å². The number of rotatable bonds is 6. The fourth-order valence-corrected chi connectivity index (χ4v) is 1.14. The molecule has 0 saturated heterocycles. The summed E-state index contributed by atoms with van der Waals surface area (Å²) in [5.41, 5.74) is 0. The third-order valence-electron chi connectivity index (χ3n) is 1.63. The van der Waals surface area contributed by atoms with Crippen LogP contribution in [-0.4, -0.2) is 34.7 Å². The average Bonchev–Trinajstić information content (AvgIpc) is 2.32. The Morgan fingerprint density at radius 2 is 0.690 bits per heavy atom. The molecule has 160 valence electrons. The molecule has 0 spiro atoms. The van der Waals surface area contributed by atoms with E-state index in [0.29, 0.717) is 0 Å². The van der Waals surface area contributed by atoms with E-state index in [9.17, 15) is 39.0 Å². The Hall–Kier alpha value is -2.28. The van der Waals surface area contributed by atoms with E-state index in [1.165, 1.54) is 55.4 Å². The molecule has 0 heterocycles. The van der Waals surface area contributed by atoms with Gasteiger partial charge in [-0.2, -0.15) is 0 Å². The van der Waals surface area contributed by atoms with Gasteiger partial charge in [0.25, 0.3) is 0 Å². The zero-order chi connectivity index (χ0) is 23.4. The van der Waals surface area contributed by atoms with Crippen LogP contribution in [0.4, 0.5) is 0 Å². The van der Waals surface area contributed by atoms with Crippen LogP contribution in [0.25, 0.3) is 0 Å². The number of allylic oxidation sites excluding steroid dienone is 4. The van der Waals surface area contributed by atoms with Crippen molar-refractivity contribution >= 4 is 34.7 Å². The predicted molar refractivity (Wildman–Crippen MR) is 100 cm³/mol. The summed E-state index contributed by atoms with van der Waals surface area (Å²) < 4.78 is 0. The minimum absolute atomic E-state index is 0. The van der Waals surface area contributed by atoms with Crippen molar-refractivity contribution in [3.05, 3.63) is 36.5 Å². The van der Waals surface area contributed by atoms with E-state index in [1.54, 1.807) is 0 Å². The van der Waals surface area contributed by atoms with Crippen LogP contribution in [0.2, 0.25) is 0 Å². The fourth-order valence-electron chi connectivity index (χ4n) is 1.14. The molecule has 0 amide bonds. The summed E-state index contributed by atoms with van der Waals surface area (Å²) in [5.74, 6) is -1.50. The second-order valence-corrected chi connectivity index (χ2v) is 5.46. The minimum atomic E-state index is -0.187. The quantitative estimate of drug-likeness (QED) is 0.226. The number of Topliss-reactive ketones (excluding diaryl/α,β-unsaturated/α-hetero) is 4. The molecule has 0 saturated carbocycles. The zero-order valence-electron chi connectivity index (χ0n) is 18.1. The van der Waals surface area contributed by atoms with Crippen molar-refractivity contribution in [2.45, 2.75) is 55.4 Å². The molecule has 0 N–H and O–H groups in total. The van der Waals surface area contributed by atoms with Crippen LogP contribution in [0.3, 0.4) is 0 Å². The molecule has 0 radical (unpaired) electrons. The fraction of sp³-hybridized carbons (Fsp3) is 0.400. The molecule has 0 aromatic carbocycles. The van der Waals surface area contributed by atoms with E-state index < -0.39 is 0 Å². The molecular formula is C20H28O8Zr. The summed E-state index contributed by atoms with van der Waals surface area (Å²) in [5, 5.41) is 20.0. The number of carbonyl (C=O) groups excluding carboxylic acids is 6. The van der Waals surface area contributed by atoms with Crippen LogP contribution in [0.1, 0.15) is 55.4 Å². The van der Waals surface area contributed by atoms with Crippen LogP contribution >= 0.6 is 0 Å². The van der Waals surface area contributed by atoms with Crippen molar-refractivity contribution in [3.8, 4) is 0 Å². The van der Waals surface area contributed by atoms with E-state index in [2.05, 4.69) is 0 Å². The van der Waals surface area contributed by atoms with Gasteiger partial charge in [0.15, 0.2) is 11.6 Å². The standard InChI is InChI=1S/2C5H8O2.2C5H7O2.Zr/c4*1-4(6)3-5(2)7;/h2*3,6H,1-2H3;2*3H,1-2H3;/q;;2*-1;+4/p-2/b2*4-3-;;;. The molecule has 29 heavy (non-hydrogen) atoms. The van der Waals surface area contributed by atoms with Gasteiger partial charge in [-0.05, 0) is 53.7 Å². The first-order valence-electron chi connectivity index (χ1n) is 7.94. The first kappa shape index (κ1) is 37.5. The van der Waals surface area contributed by atoms with Crippen molar-refractivity contribution < 1.29 is 65.2 Å². The largest absolute Gasteiger partial charge is 4.00 e. The maximum absolute atomic E-state index is 9.98. The number of hydrogen-bond acceptors (Lipinski definition) is 8. The van der Waals surface area contributed by atoms with Gasteiger partial charge in [-0.3, -0.25) is 22.4 Å². The molecular weight excluding hydrogens is 459 g/mol. The third kappa shape index (κ3) is 76.9. The minimum Gasteiger partial charge on any atom is -0.876 e. The summed E-state index contributed by atoms with van der Waals surface area (Å²) in [6, 6.07) is 0. The Kier molecular flexibility index (Phi) is 30.7. The van der Waals surface area contributed by atoms with E-state index in [-0.39, 0.29) is 72.4 Å². The molecule has 0 aliphatic heterocycles. The van der Waals surface area contributed by atoms with E-state index in [1.807, 2.05) is 0 Å². The molecule has 0 bridgehead atoms. The van der Waals surface area contributed by atoms with E-state index in [4.69, 9.17) is 0 Å². The van der Waals surface area contributed by atoms with Gasteiger partial charge in [-0.15, -0.1) is 11.5 Å². The zero-order valence-corrected chi connectivity index (χ0v) is 20.5. The Bertz CT molecular complexity index is 530. The maximum Gasteiger partial charge on any atom is 4.00 e. The average molecular weight is 488 g/mol. The smallest absolute Gasteiger partial charge is 0.876 e. The molecule has 0 rings (SSSR count). The molecule has 0 unspecified atom stereocenters. The summed E-state index contributed by atoms with van der Waals surface area (Å²) in [6.45, 7) is 10.8. The second-order valence-electron chi connectivity index (χ2n) is 5.46. The van der Waals surface area contributed by atoms with Crippen LogP contribution in [-0.2, 0) is 55.0 Å². The van der Waals surface area contributed by atoms with Crippen LogP contribution in [0.5, 0.6) is 0 Å². The number of ketones is 6. The first-order valence-corrected chi connectivity index (χ1v) is 7.94. The van der Waals surface area contributed by atoms with Gasteiger partial charge in [0, 0.05) is 23.1 Å². The SMILES string of the molecule is CC(=O)/C=C(/C)[O-].CC(=O)/C=C(/C)[O-].CC(=O)[CH-]C(C)=O.CC(=O)[CH-]C(C)=O.[Zr+4]. The number of hydrogen-bond donors (Lipinski definition) is 0. The summed E-state index contributed by atoms with van der Waals surface area (Å²) in [4.78, 5) is 59.9. The molecule has 0 aromatic rings. The Morgan fingerprint density at radius 3 is 0.690 bits per heavy atom. The van der Waals surface area contributed by atoms with Crippen LogP contribution < -0.4 is 10.2 Å². The van der Waals surface area contributed by atoms with Crippen LogP contribution in [0, 0.1) is 12.8 Å². The van der Waals surface area contributed by atoms with Crippen molar-refractivity contribution in [2.24, 2.45) is 0 Å². The van der Waals surface area contributed by atoms with Crippen molar-refractivity contribution in [1.82, 2.24) is 0 Å². The summed E-state index contributed by atoms with van der Waals surface area (Å²) >= 11 is 0. The Balaban J connectivity index is -0.0000000873. The van der Waals surface area contributed by atoms with Gasteiger partial charge >= 0.3 is 26.2 Å². The molecule has 0 aromatic heterocycles. The van der Waals surface area contributed by atoms with E-state index >= 15 is 0 Å². The van der Waals surface area contributed by atoms with Gasteiger partial charge in [-0.1, -0.05) is 13.8 Å². The Morgan fingerprint density at radius 1 is 0.517 bits per heavy atom. The third-order valence-corrected chi connectivity index (χ3v) is 1.63. The summed E-state index contributed by atoms with van der Waals surface area (Å²) in [7, 11) is 0. The molecule has 8 nitrogen and oxygen atoms in total. The van der Waals surface area contributed by atoms with E-state index in [0.717, 1.165) is 25.0 Å². The molecule has 0 aliphatic carbocycles. The molecule has 0 fully saturated rings. The van der Waals surface area contributed by atoms with Gasteiger partial charge in [-0.25, -0.2) is 0 Å².